The van der Waals surface area contributed by atoms with Gasteiger partial charge in [-0.25, -0.2) is 9.37 Å². The Bertz CT molecular complexity index is 891. The molecule has 0 aliphatic carbocycles. The molecule has 0 saturated heterocycles. The maximum absolute atomic E-state index is 13.1. The maximum Gasteiger partial charge on any atom is 0.233 e. The number of amides is 1. The van der Waals surface area contributed by atoms with Gasteiger partial charge in [0.25, 0.3) is 0 Å². The van der Waals surface area contributed by atoms with Gasteiger partial charge in [-0.2, -0.15) is 0 Å². The Hall–Kier alpha value is -2.34. The summed E-state index contributed by atoms with van der Waals surface area (Å²) in [6, 6.07) is 14.0. The van der Waals surface area contributed by atoms with E-state index in [-0.39, 0.29) is 17.8 Å². The number of rotatable bonds is 5. The minimum absolute atomic E-state index is 0.00822. The number of thioether (sulfide) groups is 1. The van der Waals surface area contributed by atoms with E-state index >= 15 is 0 Å². The molecule has 1 atom stereocenters. The first kappa shape index (κ1) is 17.5. The van der Waals surface area contributed by atoms with Gasteiger partial charge in [-0.15, -0.1) is 0 Å². The summed E-state index contributed by atoms with van der Waals surface area (Å²) >= 11 is 1.42. The molecule has 1 amide bonds. The molecule has 130 valence electrons. The molecule has 1 unspecified atom stereocenters. The van der Waals surface area contributed by atoms with Crippen LogP contribution in [-0.2, 0) is 11.8 Å². The van der Waals surface area contributed by atoms with Crippen LogP contribution in [0.1, 0.15) is 18.5 Å². The minimum Gasteiger partial charge on any atom is -0.338 e. The molecule has 0 spiro atoms. The molecular formula is C19H20FN3OS. The van der Waals surface area contributed by atoms with Gasteiger partial charge in [0.2, 0.25) is 5.91 Å². The van der Waals surface area contributed by atoms with E-state index < -0.39 is 0 Å². The third kappa shape index (κ3) is 3.69. The van der Waals surface area contributed by atoms with Crippen LogP contribution in [0.3, 0.4) is 0 Å². The molecule has 4 nitrogen and oxygen atoms in total. The standard InChI is InChI=1S/C19H20FN3OS/c1-13(14-8-10-15(20)11-9-14)22(2)18(24)12-25-19-21-16-6-4-5-7-17(16)23(19)3/h4-11,13H,12H2,1-3H3. The SMILES string of the molecule is CC(c1ccc(F)cc1)N(C)C(=O)CSc1nc2ccccc2n1C. The molecule has 1 aromatic heterocycles. The molecule has 6 heteroatoms. The van der Waals surface area contributed by atoms with Crippen LogP contribution in [-0.4, -0.2) is 33.2 Å². The highest BCUT2D eigenvalue weighted by Gasteiger charge is 2.18. The van der Waals surface area contributed by atoms with Crippen LogP contribution < -0.4 is 0 Å². The molecule has 1 heterocycles. The first-order valence-electron chi connectivity index (χ1n) is 8.02. The largest absolute Gasteiger partial charge is 0.338 e. The summed E-state index contributed by atoms with van der Waals surface area (Å²) in [7, 11) is 3.72. The summed E-state index contributed by atoms with van der Waals surface area (Å²) in [6.07, 6.45) is 0. The Kier molecular flexibility index (Phi) is 5.08. The highest BCUT2D eigenvalue weighted by Crippen LogP contribution is 2.24. The van der Waals surface area contributed by atoms with Gasteiger partial charge >= 0.3 is 0 Å². The van der Waals surface area contributed by atoms with E-state index in [1.54, 1.807) is 24.1 Å². The number of hydrogen-bond acceptors (Lipinski definition) is 3. The lowest BCUT2D eigenvalue weighted by atomic mass is 10.1. The van der Waals surface area contributed by atoms with Crippen LogP contribution in [0.2, 0.25) is 0 Å². The number of carbonyl (C=O) groups excluding carboxylic acids is 1. The quantitative estimate of drug-likeness (QED) is 0.647. The summed E-state index contributed by atoms with van der Waals surface area (Å²) in [6.45, 7) is 1.94. The predicted molar refractivity (Wildman–Crippen MR) is 99.0 cm³/mol. The maximum atomic E-state index is 13.1. The number of halogens is 1. The fourth-order valence-electron chi connectivity index (χ4n) is 2.66. The fourth-order valence-corrected chi connectivity index (χ4v) is 3.57. The zero-order chi connectivity index (χ0) is 18.0. The second kappa shape index (κ2) is 7.27. The second-order valence-corrected chi connectivity index (χ2v) is 6.91. The Labute approximate surface area is 150 Å². The van der Waals surface area contributed by atoms with Crippen molar-refractivity contribution < 1.29 is 9.18 Å². The molecule has 2 aromatic carbocycles. The van der Waals surface area contributed by atoms with Crippen molar-refractivity contribution in [1.82, 2.24) is 14.5 Å². The molecule has 25 heavy (non-hydrogen) atoms. The summed E-state index contributed by atoms with van der Waals surface area (Å²) in [5, 5.41) is 0.817. The van der Waals surface area contributed by atoms with E-state index in [1.807, 2.05) is 42.8 Å². The topological polar surface area (TPSA) is 38.1 Å². The van der Waals surface area contributed by atoms with Crippen LogP contribution in [0.25, 0.3) is 11.0 Å². The number of nitrogens with zero attached hydrogens (tertiary/aromatic N) is 3. The number of aryl methyl sites for hydroxylation is 1. The van der Waals surface area contributed by atoms with Gasteiger partial charge in [0.1, 0.15) is 5.82 Å². The Morgan fingerprint density at radius 2 is 1.92 bits per heavy atom. The fraction of sp³-hybridized carbons (Fsp3) is 0.263. The predicted octanol–water partition coefficient (Wildman–Crippen LogP) is 4.02. The van der Waals surface area contributed by atoms with E-state index in [0.717, 1.165) is 21.8 Å². The van der Waals surface area contributed by atoms with E-state index in [0.29, 0.717) is 5.75 Å². The highest BCUT2D eigenvalue weighted by molar-refractivity contribution is 7.99. The van der Waals surface area contributed by atoms with Crippen molar-refractivity contribution in [2.75, 3.05) is 12.8 Å². The van der Waals surface area contributed by atoms with Crippen LogP contribution in [0.4, 0.5) is 4.39 Å². The van der Waals surface area contributed by atoms with Gasteiger partial charge in [-0.05, 0) is 36.8 Å². The Morgan fingerprint density at radius 1 is 1.24 bits per heavy atom. The number of benzene rings is 2. The number of aromatic nitrogens is 2. The van der Waals surface area contributed by atoms with Gasteiger partial charge in [0.15, 0.2) is 5.16 Å². The lowest BCUT2D eigenvalue weighted by molar-refractivity contribution is -0.128. The zero-order valence-electron chi connectivity index (χ0n) is 14.4. The number of hydrogen-bond donors (Lipinski definition) is 0. The molecule has 0 bridgehead atoms. The summed E-state index contributed by atoms with van der Waals surface area (Å²) in [5.41, 5.74) is 2.88. The molecule has 3 rings (SSSR count). The summed E-state index contributed by atoms with van der Waals surface area (Å²) in [5.74, 6) is 0.0374. The first-order chi connectivity index (χ1) is 12.0. The third-order valence-electron chi connectivity index (χ3n) is 4.40. The molecule has 0 N–H and O–H groups in total. The average molecular weight is 357 g/mol. The van der Waals surface area contributed by atoms with Gasteiger partial charge in [0, 0.05) is 14.1 Å². The number of carbonyl (C=O) groups is 1. The second-order valence-electron chi connectivity index (χ2n) is 5.96. The minimum atomic E-state index is -0.276. The van der Waals surface area contributed by atoms with Crippen molar-refractivity contribution in [3.8, 4) is 0 Å². The van der Waals surface area contributed by atoms with E-state index in [2.05, 4.69) is 4.98 Å². The molecule has 0 fully saturated rings. The van der Waals surface area contributed by atoms with Crippen molar-refractivity contribution in [2.24, 2.45) is 7.05 Å². The van der Waals surface area contributed by atoms with Crippen LogP contribution in [0, 0.1) is 5.82 Å². The third-order valence-corrected chi connectivity index (χ3v) is 5.41. The molecular weight excluding hydrogens is 337 g/mol. The number of fused-ring (bicyclic) bond motifs is 1. The monoisotopic (exact) mass is 357 g/mol. The molecule has 0 saturated carbocycles. The molecule has 0 radical (unpaired) electrons. The van der Waals surface area contributed by atoms with E-state index in [1.165, 1.54) is 23.9 Å². The van der Waals surface area contributed by atoms with Gasteiger partial charge in [-0.1, -0.05) is 36.0 Å². The van der Waals surface area contributed by atoms with E-state index in [4.69, 9.17) is 0 Å². The van der Waals surface area contributed by atoms with Crippen molar-refractivity contribution in [3.05, 3.63) is 59.9 Å². The van der Waals surface area contributed by atoms with Crippen molar-refractivity contribution in [3.63, 3.8) is 0 Å². The number of imidazole rings is 1. The molecule has 3 aromatic rings. The van der Waals surface area contributed by atoms with Crippen LogP contribution in [0.5, 0.6) is 0 Å². The normalized spacial score (nSPS) is 12.3. The highest BCUT2D eigenvalue weighted by atomic mass is 32.2. The average Bonchev–Trinajstić information content (AvgIpc) is 2.95. The summed E-state index contributed by atoms with van der Waals surface area (Å²) in [4.78, 5) is 18.8. The van der Waals surface area contributed by atoms with Crippen LogP contribution in [0.15, 0.2) is 53.7 Å². The van der Waals surface area contributed by atoms with E-state index in [9.17, 15) is 9.18 Å². The Morgan fingerprint density at radius 3 is 2.60 bits per heavy atom. The van der Waals surface area contributed by atoms with Gasteiger partial charge in [-0.3, -0.25) is 4.79 Å². The number of para-hydroxylation sites is 2. The first-order valence-corrected chi connectivity index (χ1v) is 9.01. The molecule has 0 aliphatic rings. The Balaban J connectivity index is 1.66. The zero-order valence-corrected chi connectivity index (χ0v) is 15.3. The van der Waals surface area contributed by atoms with Crippen molar-refractivity contribution in [2.45, 2.75) is 18.1 Å². The van der Waals surface area contributed by atoms with Gasteiger partial charge < -0.3 is 9.47 Å². The smallest absolute Gasteiger partial charge is 0.233 e. The van der Waals surface area contributed by atoms with Crippen molar-refractivity contribution >= 4 is 28.7 Å². The lowest BCUT2D eigenvalue weighted by Crippen LogP contribution is -2.31. The summed E-state index contributed by atoms with van der Waals surface area (Å²) < 4.78 is 15.0. The van der Waals surface area contributed by atoms with Crippen LogP contribution >= 0.6 is 11.8 Å². The van der Waals surface area contributed by atoms with Gasteiger partial charge in [0.05, 0.1) is 22.8 Å². The molecule has 0 aliphatic heterocycles. The van der Waals surface area contributed by atoms with Crippen molar-refractivity contribution in [1.29, 1.82) is 0 Å². The lowest BCUT2D eigenvalue weighted by Gasteiger charge is -2.25.